The topological polar surface area (TPSA) is 65.2 Å². The minimum absolute atomic E-state index is 0.196. The molecule has 6 atom stereocenters. The van der Waals surface area contributed by atoms with Crippen LogP contribution in [-0.2, 0) is 0 Å². The van der Waals surface area contributed by atoms with Crippen molar-refractivity contribution in [3.05, 3.63) is 57.6 Å². The lowest BCUT2D eigenvalue weighted by Gasteiger charge is -2.18. The van der Waals surface area contributed by atoms with Crippen LogP contribution < -0.4 is 0 Å². The highest BCUT2D eigenvalue weighted by Gasteiger charge is 2.24. The maximum atomic E-state index is 11.1. The fourth-order valence-electron chi connectivity index (χ4n) is 5.41. The van der Waals surface area contributed by atoms with Gasteiger partial charge in [0.25, 0.3) is 0 Å². The van der Waals surface area contributed by atoms with Crippen molar-refractivity contribution in [3.8, 4) is 11.5 Å². The maximum absolute atomic E-state index is 11.1. The smallest absolute Gasteiger partial charge is 0.127 e. The number of benzene rings is 2. The van der Waals surface area contributed by atoms with Crippen LogP contribution in [0.5, 0.6) is 11.5 Å². The highest BCUT2D eigenvalue weighted by Crippen LogP contribution is 2.36. The van der Waals surface area contributed by atoms with E-state index >= 15 is 0 Å². The third-order valence-electron chi connectivity index (χ3n) is 9.26. The molecular formula is C35H52N2O2. The number of phenolic OH excluding ortho intramolecular Hbond substituents is 2. The largest absolute Gasteiger partial charge is 0.507 e. The first-order valence-corrected chi connectivity index (χ1v) is 15.4. The van der Waals surface area contributed by atoms with Crippen LogP contribution in [0.2, 0.25) is 0 Å². The van der Waals surface area contributed by atoms with Gasteiger partial charge in [-0.1, -0.05) is 67.5 Å². The summed E-state index contributed by atoms with van der Waals surface area (Å²) in [7, 11) is 0. The summed E-state index contributed by atoms with van der Waals surface area (Å²) >= 11 is 0. The van der Waals surface area contributed by atoms with E-state index in [1.54, 1.807) is 0 Å². The Morgan fingerprint density at radius 1 is 0.641 bits per heavy atom. The Morgan fingerprint density at radius 2 is 1.00 bits per heavy atom. The van der Waals surface area contributed by atoms with E-state index in [0.29, 0.717) is 35.2 Å². The molecule has 0 radical (unpaired) electrons. The summed E-state index contributed by atoms with van der Waals surface area (Å²) in [6.07, 6.45) is 10.8. The second-order valence-corrected chi connectivity index (χ2v) is 12.0. The van der Waals surface area contributed by atoms with E-state index < -0.39 is 0 Å². The average Bonchev–Trinajstić information content (AvgIpc) is 3.41. The molecule has 0 spiro atoms. The summed E-state index contributed by atoms with van der Waals surface area (Å²) in [6.45, 7) is 17.6. The van der Waals surface area contributed by atoms with Crippen molar-refractivity contribution in [2.75, 3.05) is 0 Å². The summed E-state index contributed by atoms with van der Waals surface area (Å²) in [5.41, 5.74) is 6.27. The van der Waals surface area contributed by atoms with Crippen molar-refractivity contribution in [1.29, 1.82) is 0 Å². The predicted octanol–water partition coefficient (Wildman–Crippen LogP) is 9.61. The maximum Gasteiger partial charge on any atom is 0.127 e. The van der Waals surface area contributed by atoms with Crippen molar-refractivity contribution >= 4 is 12.4 Å². The molecule has 0 amide bonds. The van der Waals surface area contributed by atoms with Crippen molar-refractivity contribution in [1.82, 2.24) is 0 Å². The summed E-state index contributed by atoms with van der Waals surface area (Å²) in [6, 6.07) is 9.00. The fourth-order valence-corrected chi connectivity index (χ4v) is 5.41. The van der Waals surface area contributed by atoms with Crippen LogP contribution in [-0.4, -0.2) is 34.7 Å². The molecule has 39 heavy (non-hydrogen) atoms. The van der Waals surface area contributed by atoms with Crippen LogP contribution in [0.25, 0.3) is 0 Å². The first-order chi connectivity index (χ1) is 18.6. The van der Waals surface area contributed by atoms with Crippen molar-refractivity contribution < 1.29 is 10.2 Å². The minimum atomic E-state index is 0.196. The molecule has 4 heteroatoms. The van der Waals surface area contributed by atoms with Crippen LogP contribution in [0.1, 0.15) is 157 Å². The third kappa shape index (κ3) is 7.52. The molecule has 0 aliphatic heterocycles. The number of rotatable bonds is 12. The van der Waals surface area contributed by atoms with Gasteiger partial charge in [-0.25, -0.2) is 0 Å². The molecule has 6 unspecified atom stereocenters. The Hall–Kier alpha value is -2.62. The first kappa shape index (κ1) is 30.9. The summed E-state index contributed by atoms with van der Waals surface area (Å²) in [5, 5.41) is 22.1. The fraction of sp³-hybridized carbons (Fsp3) is 0.600. The minimum Gasteiger partial charge on any atom is -0.507 e. The van der Waals surface area contributed by atoms with E-state index in [4.69, 9.17) is 9.98 Å². The Balaban J connectivity index is 1.79. The summed E-state index contributed by atoms with van der Waals surface area (Å²) in [5.74, 6) is 2.26. The first-order valence-electron chi connectivity index (χ1n) is 15.4. The lowest BCUT2D eigenvalue weighted by atomic mass is 9.89. The van der Waals surface area contributed by atoms with Crippen LogP contribution >= 0.6 is 0 Å². The molecule has 0 bridgehead atoms. The zero-order chi connectivity index (χ0) is 28.7. The van der Waals surface area contributed by atoms with E-state index in [2.05, 4.69) is 79.7 Å². The quantitative estimate of drug-likeness (QED) is 0.267. The number of aromatic hydroxyl groups is 2. The van der Waals surface area contributed by atoms with Gasteiger partial charge in [0.05, 0.1) is 12.1 Å². The van der Waals surface area contributed by atoms with E-state index in [9.17, 15) is 10.2 Å². The lowest BCUT2D eigenvalue weighted by molar-refractivity contribution is 0.459. The molecule has 3 rings (SSSR count). The molecule has 0 heterocycles. The lowest BCUT2D eigenvalue weighted by Crippen LogP contribution is -2.05. The van der Waals surface area contributed by atoms with Gasteiger partial charge in [-0.15, -0.1) is 0 Å². The standard InChI is InChI=1S/C35H52N2O2/c1-9-22(5)26-15-28(34(38)32(17-26)24(7)11-3)20-36-30-13-14-31(19-30)37-21-29-16-27(23(6)10-2)18-33(35(29)39)25(8)12-4/h15-18,20-25,30-31,38-39H,9-14,19H2,1-8H3. The highest BCUT2D eigenvalue weighted by atomic mass is 16.3. The zero-order valence-corrected chi connectivity index (χ0v) is 25.7. The number of hydrogen-bond donors (Lipinski definition) is 2. The van der Waals surface area contributed by atoms with Gasteiger partial charge in [-0.3, -0.25) is 9.98 Å². The van der Waals surface area contributed by atoms with Gasteiger partial charge in [0.1, 0.15) is 11.5 Å². The van der Waals surface area contributed by atoms with Gasteiger partial charge in [-0.05, 0) is 103 Å². The molecular weight excluding hydrogens is 480 g/mol. The van der Waals surface area contributed by atoms with Gasteiger partial charge >= 0.3 is 0 Å². The third-order valence-corrected chi connectivity index (χ3v) is 9.26. The van der Waals surface area contributed by atoms with E-state index in [1.165, 1.54) is 11.1 Å². The van der Waals surface area contributed by atoms with Crippen molar-refractivity contribution in [2.24, 2.45) is 9.98 Å². The molecule has 4 nitrogen and oxygen atoms in total. The summed E-state index contributed by atoms with van der Waals surface area (Å²) < 4.78 is 0. The monoisotopic (exact) mass is 532 g/mol. The second-order valence-electron chi connectivity index (χ2n) is 12.0. The average molecular weight is 533 g/mol. The van der Waals surface area contributed by atoms with E-state index in [0.717, 1.165) is 67.2 Å². The molecule has 2 N–H and O–H groups in total. The summed E-state index contributed by atoms with van der Waals surface area (Å²) in [4.78, 5) is 9.84. The normalized spacial score (nSPS) is 21.0. The molecule has 2 aromatic rings. The molecule has 0 saturated heterocycles. The molecule has 2 aromatic carbocycles. The van der Waals surface area contributed by atoms with Crippen LogP contribution in [0, 0.1) is 0 Å². The van der Waals surface area contributed by atoms with Crippen molar-refractivity contribution in [3.63, 3.8) is 0 Å². The molecule has 1 saturated carbocycles. The number of hydrogen-bond acceptors (Lipinski definition) is 4. The number of phenols is 2. The van der Waals surface area contributed by atoms with Gasteiger partial charge < -0.3 is 10.2 Å². The van der Waals surface area contributed by atoms with Gasteiger partial charge in [0.15, 0.2) is 0 Å². The highest BCUT2D eigenvalue weighted by molar-refractivity contribution is 5.85. The van der Waals surface area contributed by atoms with E-state index in [1.807, 2.05) is 12.4 Å². The van der Waals surface area contributed by atoms with Crippen LogP contribution in [0.4, 0.5) is 0 Å². The van der Waals surface area contributed by atoms with Gasteiger partial charge in [0, 0.05) is 23.6 Å². The molecule has 0 aromatic heterocycles. The van der Waals surface area contributed by atoms with Gasteiger partial charge in [-0.2, -0.15) is 0 Å². The van der Waals surface area contributed by atoms with E-state index in [-0.39, 0.29) is 12.1 Å². The Labute approximate surface area is 237 Å². The van der Waals surface area contributed by atoms with Crippen LogP contribution in [0.3, 0.4) is 0 Å². The van der Waals surface area contributed by atoms with Crippen LogP contribution in [0.15, 0.2) is 34.3 Å². The predicted molar refractivity (Wildman–Crippen MR) is 168 cm³/mol. The Morgan fingerprint density at radius 3 is 1.33 bits per heavy atom. The zero-order valence-electron chi connectivity index (χ0n) is 25.7. The molecule has 214 valence electrons. The molecule has 1 fully saturated rings. The SMILES string of the molecule is CCC(C)c1cc(C=NC2CCC(N=Cc3cc(C(C)CC)cc(C(C)CC)c3O)C2)c(O)c(C(C)CC)c1. The second kappa shape index (κ2) is 14.1. The van der Waals surface area contributed by atoms with Crippen molar-refractivity contribution in [2.45, 2.75) is 136 Å². The number of nitrogens with zero attached hydrogens (tertiary/aromatic N) is 2. The molecule has 1 aliphatic rings. The number of aliphatic imine (C=N–C) groups is 2. The molecule has 1 aliphatic carbocycles. The Kier molecular flexibility index (Phi) is 11.2. The Bertz CT molecular complexity index is 1060. The van der Waals surface area contributed by atoms with Gasteiger partial charge in [0.2, 0.25) is 0 Å².